The predicted molar refractivity (Wildman–Crippen MR) is 81.0 cm³/mol. The second kappa shape index (κ2) is 4.77. The molecule has 4 nitrogen and oxygen atoms in total. The van der Waals surface area contributed by atoms with Crippen LogP contribution in [0.4, 0.5) is 0 Å². The minimum Gasteiger partial charge on any atom is -0.497 e. The lowest BCUT2D eigenvalue weighted by Crippen LogP contribution is -2.38. The first-order chi connectivity index (χ1) is 9.62. The third-order valence-corrected chi connectivity index (χ3v) is 4.52. The van der Waals surface area contributed by atoms with Crippen molar-refractivity contribution in [2.75, 3.05) is 7.11 Å². The maximum atomic E-state index is 6.60. The topological polar surface area (TPSA) is 53.1 Å². The summed E-state index contributed by atoms with van der Waals surface area (Å²) >= 11 is 0. The van der Waals surface area contributed by atoms with Crippen molar-refractivity contribution in [1.29, 1.82) is 0 Å². The van der Waals surface area contributed by atoms with Gasteiger partial charge in [0, 0.05) is 12.1 Å². The first-order valence-corrected chi connectivity index (χ1v) is 7.48. The van der Waals surface area contributed by atoms with Crippen molar-refractivity contribution in [2.24, 2.45) is 5.73 Å². The van der Waals surface area contributed by atoms with Gasteiger partial charge in [0.25, 0.3) is 0 Å². The number of aromatic nitrogens is 2. The van der Waals surface area contributed by atoms with E-state index in [1.807, 2.05) is 12.1 Å². The summed E-state index contributed by atoms with van der Waals surface area (Å²) in [6.07, 6.45) is 4.26. The lowest BCUT2D eigenvalue weighted by Gasteiger charge is -2.27. The first-order valence-electron chi connectivity index (χ1n) is 7.48. The second-order valence-corrected chi connectivity index (χ2v) is 5.75. The van der Waals surface area contributed by atoms with E-state index < -0.39 is 0 Å². The number of hydrogen-bond donors (Lipinski definition) is 1. The number of fused-ring (bicyclic) bond motifs is 1. The molecule has 1 aromatic heterocycles. The number of ether oxygens (including phenoxy) is 1. The minimum absolute atomic E-state index is 0.338. The molecule has 1 heterocycles. The summed E-state index contributed by atoms with van der Waals surface area (Å²) in [5, 5.41) is 0. The average molecular weight is 273 g/mol. The summed E-state index contributed by atoms with van der Waals surface area (Å²) < 4.78 is 7.67. The summed E-state index contributed by atoms with van der Waals surface area (Å²) in [5.41, 5.74) is 8.44. The standard InChI is InChI=1S/C16H23N3O/c1-4-16(17,5-2)15-18-13-10-12(20-3)8-9-14(13)19(15)11-6-7-11/h8-11H,4-7,17H2,1-3H3. The van der Waals surface area contributed by atoms with E-state index in [0.717, 1.165) is 29.9 Å². The van der Waals surface area contributed by atoms with Crippen LogP contribution in [0.1, 0.15) is 51.4 Å². The van der Waals surface area contributed by atoms with Gasteiger partial charge in [0.15, 0.2) is 0 Å². The SMILES string of the molecule is CCC(N)(CC)c1nc2cc(OC)ccc2n1C1CC1. The molecule has 108 valence electrons. The molecule has 1 aromatic carbocycles. The van der Waals surface area contributed by atoms with E-state index in [0.29, 0.717) is 6.04 Å². The maximum Gasteiger partial charge on any atom is 0.130 e. The Kier molecular flexibility index (Phi) is 3.21. The van der Waals surface area contributed by atoms with Crippen LogP contribution in [-0.4, -0.2) is 16.7 Å². The highest BCUT2D eigenvalue weighted by Crippen LogP contribution is 2.42. The summed E-state index contributed by atoms with van der Waals surface area (Å²) in [7, 11) is 1.69. The Morgan fingerprint density at radius 3 is 2.60 bits per heavy atom. The molecule has 0 bridgehead atoms. The van der Waals surface area contributed by atoms with E-state index in [4.69, 9.17) is 15.5 Å². The van der Waals surface area contributed by atoms with Gasteiger partial charge in [-0.2, -0.15) is 0 Å². The molecule has 2 aromatic rings. The molecular formula is C16H23N3O. The average Bonchev–Trinajstić information content (AvgIpc) is 3.25. The number of methoxy groups -OCH3 is 1. The van der Waals surface area contributed by atoms with Crippen LogP contribution in [0.3, 0.4) is 0 Å². The summed E-state index contributed by atoms with van der Waals surface area (Å²) in [4.78, 5) is 4.85. The molecule has 1 aliphatic rings. The highest BCUT2D eigenvalue weighted by Gasteiger charge is 2.35. The Hall–Kier alpha value is -1.55. The van der Waals surface area contributed by atoms with Gasteiger partial charge in [-0.3, -0.25) is 0 Å². The fourth-order valence-electron chi connectivity index (χ4n) is 2.83. The summed E-state index contributed by atoms with van der Waals surface area (Å²) in [6, 6.07) is 6.69. The number of rotatable bonds is 5. The molecular weight excluding hydrogens is 250 g/mol. The van der Waals surface area contributed by atoms with Crippen LogP contribution in [0.5, 0.6) is 5.75 Å². The maximum absolute atomic E-state index is 6.60. The minimum atomic E-state index is -0.338. The Balaban J connectivity index is 2.22. The molecule has 0 saturated heterocycles. The first kappa shape index (κ1) is 13.4. The van der Waals surface area contributed by atoms with Crippen molar-refractivity contribution < 1.29 is 4.74 Å². The third kappa shape index (κ3) is 1.99. The third-order valence-electron chi connectivity index (χ3n) is 4.52. The van der Waals surface area contributed by atoms with Crippen LogP contribution in [0.2, 0.25) is 0 Å². The summed E-state index contributed by atoms with van der Waals surface area (Å²) in [5.74, 6) is 1.88. The van der Waals surface area contributed by atoms with E-state index in [9.17, 15) is 0 Å². The molecule has 0 amide bonds. The van der Waals surface area contributed by atoms with Gasteiger partial charge in [-0.25, -0.2) is 4.98 Å². The van der Waals surface area contributed by atoms with Crippen molar-refractivity contribution in [1.82, 2.24) is 9.55 Å². The van der Waals surface area contributed by atoms with Gasteiger partial charge in [-0.15, -0.1) is 0 Å². The molecule has 0 radical (unpaired) electrons. The number of nitrogens with zero attached hydrogens (tertiary/aromatic N) is 2. The molecule has 0 aliphatic heterocycles. The van der Waals surface area contributed by atoms with E-state index in [1.54, 1.807) is 7.11 Å². The molecule has 3 rings (SSSR count). The van der Waals surface area contributed by atoms with Crippen molar-refractivity contribution in [2.45, 2.75) is 51.1 Å². The van der Waals surface area contributed by atoms with Crippen LogP contribution < -0.4 is 10.5 Å². The van der Waals surface area contributed by atoms with Gasteiger partial charge < -0.3 is 15.0 Å². The largest absolute Gasteiger partial charge is 0.497 e. The predicted octanol–water partition coefficient (Wildman–Crippen LogP) is 3.35. The molecule has 0 spiro atoms. The molecule has 1 aliphatic carbocycles. The van der Waals surface area contributed by atoms with Gasteiger partial charge in [0.1, 0.15) is 11.6 Å². The molecule has 4 heteroatoms. The molecule has 1 fully saturated rings. The zero-order valence-electron chi connectivity index (χ0n) is 12.5. The quantitative estimate of drug-likeness (QED) is 0.909. The number of benzene rings is 1. The van der Waals surface area contributed by atoms with Crippen molar-refractivity contribution in [3.63, 3.8) is 0 Å². The fraction of sp³-hybridized carbons (Fsp3) is 0.562. The van der Waals surface area contributed by atoms with Crippen LogP contribution >= 0.6 is 0 Å². The van der Waals surface area contributed by atoms with Gasteiger partial charge in [0.05, 0.1) is 23.7 Å². The molecule has 20 heavy (non-hydrogen) atoms. The fourth-order valence-corrected chi connectivity index (χ4v) is 2.83. The van der Waals surface area contributed by atoms with Crippen LogP contribution in [0, 0.1) is 0 Å². The monoisotopic (exact) mass is 273 g/mol. The normalized spacial score (nSPS) is 15.8. The Morgan fingerprint density at radius 2 is 2.05 bits per heavy atom. The lowest BCUT2D eigenvalue weighted by atomic mass is 9.93. The lowest BCUT2D eigenvalue weighted by molar-refractivity contribution is 0.371. The van der Waals surface area contributed by atoms with E-state index in [2.05, 4.69) is 24.5 Å². The Morgan fingerprint density at radius 1 is 1.35 bits per heavy atom. The van der Waals surface area contributed by atoms with Crippen LogP contribution in [-0.2, 0) is 5.54 Å². The Labute approximate surface area is 119 Å². The number of hydrogen-bond acceptors (Lipinski definition) is 3. The van der Waals surface area contributed by atoms with Gasteiger partial charge in [-0.1, -0.05) is 13.8 Å². The van der Waals surface area contributed by atoms with E-state index in [1.165, 1.54) is 18.4 Å². The molecule has 1 saturated carbocycles. The highest BCUT2D eigenvalue weighted by molar-refractivity contribution is 5.78. The van der Waals surface area contributed by atoms with E-state index in [-0.39, 0.29) is 5.54 Å². The van der Waals surface area contributed by atoms with Gasteiger partial charge in [0.2, 0.25) is 0 Å². The van der Waals surface area contributed by atoms with Crippen molar-refractivity contribution >= 4 is 11.0 Å². The van der Waals surface area contributed by atoms with E-state index >= 15 is 0 Å². The Bertz CT molecular complexity index is 624. The van der Waals surface area contributed by atoms with Gasteiger partial charge in [-0.05, 0) is 37.8 Å². The molecule has 0 atom stereocenters. The van der Waals surface area contributed by atoms with Crippen molar-refractivity contribution in [3.05, 3.63) is 24.0 Å². The smallest absolute Gasteiger partial charge is 0.130 e. The zero-order valence-corrected chi connectivity index (χ0v) is 12.5. The zero-order chi connectivity index (χ0) is 14.3. The number of imidazole rings is 1. The molecule has 2 N–H and O–H groups in total. The summed E-state index contributed by atoms with van der Waals surface area (Å²) in [6.45, 7) is 4.28. The second-order valence-electron chi connectivity index (χ2n) is 5.75. The van der Waals surface area contributed by atoms with Crippen LogP contribution in [0.15, 0.2) is 18.2 Å². The molecule has 0 unspecified atom stereocenters. The van der Waals surface area contributed by atoms with Crippen molar-refractivity contribution in [3.8, 4) is 5.75 Å². The highest BCUT2D eigenvalue weighted by atomic mass is 16.5. The van der Waals surface area contributed by atoms with Crippen LogP contribution in [0.25, 0.3) is 11.0 Å². The van der Waals surface area contributed by atoms with Gasteiger partial charge >= 0.3 is 0 Å². The number of nitrogens with two attached hydrogens (primary N) is 1.